The Morgan fingerprint density at radius 3 is 2.58 bits per heavy atom. The monoisotopic (exact) mass is 185 g/mol. The zero-order valence-electron chi connectivity index (χ0n) is 7.17. The molecular formula is C8H8O3S. The molecule has 4 heteroatoms. The minimum atomic E-state index is -3.83. The molecule has 1 rings (SSSR count). The summed E-state index contributed by atoms with van der Waals surface area (Å²) >= 11 is 0. The maximum Gasteiger partial charge on any atom is 0.287 e. The van der Waals surface area contributed by atoms with E-state index >= 15 is 0 Å². The third-order valence-corrected chi connectivity index (χ3v) is 1.70. The van der Waals surface area contributed by atoms with Crippen molar-refractivity contribution < 1.29 is 13.0 Å². The zero-order valence-corrected chi connectivity index (χ0v) is 6.99. The number of rotatable bonds is 3. The summed E-state index contributed by atoms with van der Waals surface area (Å²) in [6.45, 7) is 0. The second-order valence-electron chi connectivity index (χ2n) is 2.21. The first-order valence-electron chi connectivity index (χ1n) is 3.68. The second kappa shape index (κ2) is 3.51. The summed E-state index contributed by atoms with van der Waals surface area (Å²) in [6, 6.07) is 8.89. The summed E-state index contributed by atoms with van der Waals surface area (Å²) in [7, 11) is -3.83. The van der Waals surface area contributed by atoms with Crippen molar-refractivity contribution in [1.82, 2.24) is 0 Å². The smallest absolute Gasteiger partial charge is 0.282 e. The van der Waals surface area contributed by atoms with Crippen LogP contribution in [0.3, 0.4) is 0 Å². The van der Waals surface area contributed by atoms with Gasteiger partial charge < -0.3 is 0 Å². The number of hydrogen-bond donors (Lipinski definition) is 1. The first kappa shape index (κ1) is 7.52. The summed E-state index contributed by atoms with van der Waals surface area (Å²) in [5, 5.41) is 0.843. The quantitative estimate of drug-likeness (QED) is 0.727. The molecule has 0 amide bonds. The molecule has 64 valence electrons. The Bertz CT molecular complexity index is 383. The molecule has 0 unspecified atom stereocenters. The molecule has 0 aromatic heterocycles. The van der Waals surface area contributed by atoms with E-state index in [4.69, 9.17) is 1.43 Å². The molecule has 0 saturated carbocycles. The Labute approximate surface area is 72.6 Å². The van der Waals surface area contributed by atoms with Gasteiger partial charge in [-0.3, -0.25) is 4.56 Å². The van der Waals surface area contributed by atoms with Crippen molar-refractivity contribution in [3.63, 3.8) is 0 Å². The summed E-state index contributed by atoms with van der Waals surface area (Å²) in [5.74, 6) is 0. The van der Waals surface area contributed by atoms with Crippen LogP contribution in [0.5, 0.6) is 0 Å². The van der Waals surface area contributed by atoms with Gasteiger partial charge in [-0.1, -0.05) is 30.3 Å². The van der Waals surface area contributed by atoms with Crippen molar-refractivity contribution in [3.05, 3.63) is 41.3 Å². The molecule has 1 N–H and O–H groups in total. The zero-order chi connectivity index (χ0) is 9.73. The molecule has 0 aliphatic carbocycles. The summed E-state index contributed by atoms with van der Waals surface area (Å²) < 4.78 is 31.1. The van der Waals surface area contributed by atoms with Gasteiger partial charge in [-0.05, 0) is 11.6 Å². The molecule has 0 heterocycles. The molecule has 0 bridgehead atoms. The van der Waals surface area contributed by atoms with Crippen molar-refractivity contribution in [1.29, 1.82) is 1.43 Å². The van der Waals surface area contributed by atoms with Gasteiger partial charge in [0.25, 0.3) is 10.1 Å². The first-order valence-corrected chi connectivity index (χ1v) is 4.74. The fraction of sp³-hybridized carbons (Fsp3) is 0. The van der Waals surface area contributed by atoms with Gasteiger partial charge in [-0.15, -0.1) is 0 Å². The van der Waals surface area contributed by atoms with Crippen LogP contribution in [0, 0.1) is 0 Å². The Kier molecular flexibility index (Phi) is 2.20. The van der Waals surface area contributed by atoms with Gasteiger partial charge in [0.2, 0.25) is 1.43 Å². The standard InChI is InChI=1S/C8H8O3S/c9-12(10,11)7-6-8-4-2-1-3-5-8/h1-7H,(H,9,10,11)/i/hD. The van der Waals surface area contributed by atoms with Crippen LogP contribution < -0.4 is 0 Å². The summed E-state index contributed by atoms with van der Waals surface area (Å²) in [4.78, 5) is 0. The highest BCUT2D eigenvalue weighted by atomic mass is 32.2. The van der Waals surface area contributed by atoms with E-state index < -0.39 is 10.1 Å². The minimum Gasteiger partial charge on any atom is -0.282 e. The van der Waals surface area contributed by atoms with Crippen molar-refractivity contribution in [2.75, 3.05) is 0 Å². The van der Waals surface area contributed by atoms with Crippen LogP contribution in [-0.2, 0) is 10.1 Å². The SMILES string of the molecule is [2H]OS(=O)(=O)C=Cc1ccccc1. The lowest BCUT2D eigenvalue weighted by molar-refractivity contribution is 0.494. The van der Waals surface area contributed by atoms with Crippen molar-refractivity contribution in [3.8, 4) is 0 Å². The largest absolute Gasteiger partial charge is 0.287 e. The lowest BCUT2D eigenvalue weighted by Gasteiger charge is -1.89. The maximum absolute atomic E-state index is 10.7. The fourth-order valence-electron chi connectivity index (χ4n) is 0.726. The van der Waals surface area contributed by atoms with Crippen molar-refractivity contribution >= 4 is 16.2 Å². The summed E-state index contributed by atoms with van der Waals surface area (Å²) in [5.41, 5.74) is 0.739. The van der Waals surface area contributed by atoms with Gasteiger partial charge in [0.15, 0.2) is 0 Å². The average Bonchev–Trinajstić information content (AvgIpc) is 2.17. The highest BCUT2D eigenvalue weighted by Gasteiger charge is 1.94. The van der Waals surface area contributed by atoms with Crippen LogP contribution in [-0.4, -0.2) is 13.0 Å². The predicted octanol–water partition coefficient (Wildman–Crippen LogP) is 1.55. The lowest BCUT2D eigenvalue weighted by atomic mass is 10.2. The molecule has 0 aliphatic heterocycles. The van der Waals surface area contributed by atoms with E-state index in [0.29, 0.717) is 0 Å². The topological polar surface area (TPSA) is 54.4 Å². The number of hydrogen-bond acceptors (Lipinski definition) is 3. The molecule has 1 aromatic carbocycles. The van der Waals surface area contributed by atoms with Crippen LogP contribution in [0.2, 0.25) is 0 Å². The molecule has 0 fully saturated rings. The Morgan fingerprint density at radius 1 is 1.33 bits per heavy atom. The average molecular weight is 185 g/mol. The third-order valence-electron chi connectivity index (χ3n) is 1.23. The molecule has 3 nitrogen and oxygen atoms in total. The highest BCUT2D eigenvalue weighted by molar-refractivity contribution is 7.88. The van der Waals surface area contributed by atoms with E-state index in [1.807, 2.05) is 6.07 Å². The van der Waals surface area contributed by atoms with Gasteiger partial charge in [-0.2, -0.15) is 8.42 Å². The minimum absolute atomic E-state index is 0.739. The van der Waals surface area contributed by atoms with E-state index in [2.05, 4.69) is 4.56 Å². The molecule has 1 aromatic rings. The molecule has 0 saturated heterocycles. The van der Waals surface area contributed by atoms with E-state index in [0.717, 1.165) is 11.0 Å². The molecule has 0 atom stereocenters. The van der Waals surface area contributed by atoms with Crippen LogP contribution in [0.4, 0.5) is 0 Å². The maximum atomic E-state index is 10.7. The lowest BCUT2D eigenvalue weighted by Crippen LogP contribution is -1.88. The van der Waals surface area contributed by atoms with E-state index in [1.165, 1.54) is 6.08 Å². The van der Waals surface area contributed by atoms with Crippen LogP contribution in [0.25, 0.3) is 7.51 Å². The first-order chi connectivity index (χ1) is 6.14. The third kappa shape index (κ3) is 3.32. The van der Waals surface area contributed by atoms with Gasteiger partial charge in [0, 0.05) is 0 Å². The molecule has 0 radical (unpaired) electrons. The molecular weight excluding hydrogens is 176 g/mol. The Balaban J connectivity index is 2.82. The molecule has 0 aliphatic rings. The van der Waals surface area contributed by atoms with Gasteiger partial charge in [0.05, 0.1) is 5.41 Å². The van der Waals surface area contributed by atoms with Gasteiger partial charge in [0.1, 0.15) is 0 Å². The van der Waals surface area contributed by atoms with Gasteiger partial charge in [-0.25, -0.2) is 0 Å². The number of benzene rings is 1. The molecule has 0 spiro atoms. The van der Waals surface area contributed by atoms with Crippen LogP contribution >= 0.6 is 0 Å². The molecule has 12 heavy (non-hydrogen) atoms. The van der Waals surface area contributed by atoms with Crippen molar-refractivity contribution in [2.45, 2.75) is 0 Å². The Morgan fingerprint density at radius 2 is 2.00 bits per heavy atom. The Hall–Kier alpha value is -1.13. The highest BCUT2D eigenvalue weighted by Crippen LogP contribution is 2.01. The fourth-order valence-corrected chi connectivity index (χ4v) is 1.05. The van der Waals surface area contributed by atoms with Gasteiger partial charge >= 0.3 is 0 Å². The van der Waals surface area contributed by atoms with Crippen LogP contribution in [0.1, 0.15) is 5.56 Å². The van der Waals surface area contributed by atoms with E-state index in [9.17, 15) is 8.42 Å². The second-order valence-corrected chi connectivity index (χ2v) is 3.46. The van der Waals surface area contributed by atoms with E-state index in [1.54, 1.807) is 24.3 Å². The van der Waals surface area contributed by atoms with Crippen LogP contribution in [0.15, 0.2) is 35.7 Å². The summed E-state index contributed by atoms with van der Waals surface area (Å²) in [6.07, 6.45) is 1.36. The van der Waals surface area contributed by atoms with Crippen molar-refractivity contribution in [2.24, 2.45) is 0 Å². The van der Waals surface area contributed by atoms with E-state index in [-0.39, 0.29) is 0 Å². The normalized spacial score (nSPS) is 13.2. The predicted molar refractivity (Wildman–Crippen MR) is 47.0 cm³/mol.